The average molecular weight is 292 g/mol. The second-order valence-corrected chi connectivity index (χ2v) is 6.22. The summed E-state index contributed by atoms with van der Waals surface area (Å²) in [6.45, 7) is 6.21. The molecule has 0 N–H and O–H groups in total. The summed E-state index contributed by atoms with van der Waals surface area (Å²) < 4.78 is 7.33. The van der Waals surface area contributed by atoms with Crippen molar-refractivity contribution in [2.45, 2.75) is 25.9 Å². The molecule has 0 aliphatic carbocycles. The lowest BCUT2D eigenvalue weighted by Crippen LogP contribution is -2.52. The van der Waals surface area contributed by atoms with Gasteiger partial charge < -0.3 is 9.64 Å². The molecule has 3 rings (SSSR count). The van der Waals surface area contributed by atoms with Crippen molar-refractivity contribution in [3.63, 3.8) is 0 Å². The highest BCUT2D eigenvalue weighted by Gasteiger charge is 2.28. The van der Waals surface area contributed by atoms with Crippen LogP contribution in [0.5, 0.6) is 0 Å². The van der Waals surface area contributed by atoms with Crippen LogP contribution in [0, 0.1) is 5.92 Å². The molecular weight excluding hydrogens is 268 g/mol. The van der Waals surface area contributed by atoms with E-state index in [0.29, 0.717) is 18.6 Å². The topological polar surface area (TPSA) is 50.6 Å². The van der Waals surface area contributed by atoms with E-state index in [1.165, 1.54) is 0 Å². The van der Waals surface area contributed by atoms with Crippen LogP contribution in [0.1, 0.15) is 19.8 Å². The zero-order chi connectivity index (χ0) is 14.8. The first-order valence-corrected chi connectivity index (χ1v) is 7.75. The van der Waals surface area contributed by atoms with Gasteiger partial charge in [-0.2, -0.15) is 5.10 Å². The van der Waals surface area contributed by atoms with E-state index in [-0.39, 0.29) is 5.91 Å². The Kier molecular flexibility index (Phi) is 4.26. The van der Waals surface area contributed by atoms with Gasteiger partial charge >= 0.3 is 0 Å². The fraction of sp³-hybridized carbons (Fsp3) is 0.733. The molecule has 3 heterocycles. The van der Waals surface area contributed by atoms with E-state index < -0.39 is 0 Å². The first-order valence-electron chi connectivity index (χ1n) is 7.75. The molecule has 2 aliphatic heterocycles. The molecule has 0 saturated carbocycles. The Balaban J connectivity index is 1.54. The maximum Gasteiger partial charge on any atom is 0.241 e. The lowest BCUT2D eigenvalue weighted by Gasteiger charge is -2.37. The summed E-state index contributed by atoms with van der Waals surface area (Å²) in [5.74, 6) is 0.834. The number of carbonyl (C=O) groups excluding carboxylic acids is 1. The highest BCUT2D eigenvalue weighted by Crippen LogP contribution is 2.22. The van der Waals surface area contributed by atoms with Gasteiger partial charge in [-0.3, -0.25) is 14.4 Å². The number of amides is 1. The smallest absolute Gasteiger partial charge is 0.241 e. The molecule has 1 aromatic heterocycles. The Morgan fingerprint density at radius 1 is 1.43 bits per heavy atom. The Labute approximate surface area is 125 Å². The molecule has 1 aromatic rings. The number of hydrogen-bond donors (Lipinski definition) is 0. The number of aromatic nitrogens is 2. The predicted molar refractivity (Wildman–Crippen MR) is 80.1 cm³/mol. The lowest BCUT2D eigenvalue weighted by molar-refractivity contribution is -0.121. The lowest BCUT2D eigenvalue weighted by atomic mass is 9.95. The van der Waals surface area contributed by atoms with Crippen LogP contribution < -0.4 is 4.90 Å². The molecule has 1 amide bonds. The number of carbonyl (C=O) groups is 1. The molecule has 0 radical (unpaired) electrons. The van der Waals surface area contributed by atoms with Gasteiger partial charge in [0, 0.05) is 39.5 Å². The van der Waals surface area contributed by atoms with Crippen LogP contribution in [0.15, 0.2) is 12.4 Å². The van der Waals surface area contributed by atoms with Crippen LogP contribution in [0.3, 0.4) is 0 Å². The monoisotopic (exact) mass is 292 g/mol. The summed E-state index contributed by atoms with van der Waals surface area (Å²) >= 11 is 0. The second kappa shape index (κ2) is 6.15. The quantitative estimate of drug-likeness (QED) is 0.830. The number of aryl methyl sites for hydroxylation is 1. The molecule has 116 valence electrons. The van der Waals surface area contributed by atoms with Crippen LogP contribution >= 0.6 is 0 Å². The largest absolute Gasteiger partial charge is 0.378 e. The minimum Gasteiger partial charge on any atom is -0.378 e. The van der Waals surface area contributed by atoms with Crippen LogP contribution in [0.2, 0.25) is 0 Å². The van der Waals surface area contributed by atoms with E-state index in [4.69, 9.17) is 4.74 Å². The van der Waals surface area contributed by atoms with Crippen LogP contribution in [0.4, 0.5) is 5.69 Å². The molecule has 2 fully saturated rings. The Morgan fingerprint density at radius 2 is 2.29 bits per heavy atom. The van der Waals surface area contributed by atoms with E-state index in [9.17, 15) is 4.79 Å². The van der Waals surface area contributed by atoms with Gasteiger partial charge in [0.2, 0.25) is 5.91 Å². The van der Waals surface area contributed by atoms with Gasteiger partial charge in [0.05, 0.1) is 24.5 Å². The minimum atomic E-state index is 0.175. The summed E-state index contributed by atoms with van der Waals surface area (Å²) in [4.78, 5) is 16.5. The van der Waals surface area contributed by atoms with Crippen molar-refractivity contribution in [2.24, 2.45) is 13.0 Å². The highest BCUT2D eigenvalue weighted by molar-refractivity contribution is 5.95. The summed E-state index contributed by atoms with van der Waals surface area (Å²) in [6, 6.07) is 0. The van der Waals surface area contributed by atoms with Crippen molar-refractivity contribution < 1.29 is 9.53 Å². The zero-order valence-electron chi connectivity index (χ0n) is 12.9. The van der Waals surface area contributed by atoms with Crippen LogP contribution in [-0.4, -0.2) is 59.5 Å². The van der Waals surface area contributed by atoms with E-state index >= 15 is 0 Å². The van der Waals surface area contributed by atoms with Gasteiger partial charge in [-0.05, 0) is 25.7 Å². The van der Waals surface area contributed by atoms with Crippen molar-refractivity contribution in [1.82, 2.24) is 14.7 Å². The Morgan fingerprint density at radius 3 is 2.95 bits per heavy atom. The third kappa shape index (κ3) is 3.44. The molecule has 2 saturated heterocycles. The molecule has 21 heavy (non-hydrogen) atoms. The molecule has 0 aromatic carbocycles. The van der Waals surface area contributed by atoms with Crippen molar-refractivity contribution >= 4 is 11.6 Å². The molecule has 2 atom stereocenters. The van der Waals surface area contributed by atoms with E-state index in [0.717, 1.165) is 44.8 Å². The summed E-state index contributed by atoms with van der Waals surface area (Å²) in [7, 11) is 1.87. The van der Waals surface area contributed by atoms with Crippen molar-refractivity contribution in [2.75, 3.05) is 37.7 Å². The Bertz CT molecular complexity index is 502. The molecule has 2 unspecified atom stereocenters. The van der Waals surface area contributed by atoms with Gasteiger partial charge in [0.1, 0.15) is 0 Å². The molecule has 0 spiro atoms. The predicted octanol–water partition coefficient (Wildman–Crippen LogP) is 0.884. The second-order valence-electron chi connectivity index (χ2n) is 6.22. The van der Waals surface area contributed by atoms with Crippen LogP contribution in [-0.2, 0) is 16.6 Å². The number of piperazine rings is 1. The third-order valence-electron chi connectivity index (χ3n) is 4.41. The first kappa shape index (κ1) is 14.5. The van der Waals surface area contributed by atoms with Crippen LogP contribution in [0.25, 0.3) is 0 Å². The molecule has 6 heteroatoms. The third-order valence-corrected chi connectivity index (χ3v) is 4.41. The van der Waals surface area contributed by atoms with Gasteiger partial charge in [-0.15, -0.1) is 0 Å². The summed E-state index contributed by atoms with van der Waals surface area (Å²) in [6.07, 6.45) is 6.23. The highest BCUT2D eigenvalue weighted by atomic mass is 16.5. The maximum atomic E-state index is 12.3. The number of ether oxygens (including phenoxy) is 1. The Hall–Kier alpha value is -1.40. The average Bonchev–Trinajstić information content (AvgIpc) is 2.85. The summed E-state index contributed by atoms with van der Waals surface area (Å²) in [5.41, 5.74) is 0.904. The minimum absolute atomic E-state index is 0.175. The molecule has 6 nitrogen and oxygen atoms in total. The summed E-state index contributed by atoms with van der Waals surface area (Å²) in [5, 5.41) is 4.14. The maximum absolute atomic E-state index is 12.3. The number of hydrogen-bond acceptors (Lipinski definition) is 4. The fourth-order valence-corrected chi connectivity index (χ4v) is 3.32. The van der Waals surface area contributed by atoms with Gasteiger partial charge in [0.25, 0.3) is 0 Å². The standard InChI is InChI=1S/C15H24N4O2/c1-12-7-13(3-6-21-12)9-18-4-5-19(15(20)11-18)14-8-16-17(2)10-14/h8,10,12-13H,3-7,9,11H2,1-2H3. The van der Waals surface area contributed by atoms with Crippen molar-refractivity contribution in [3.05, 3.63) is 12.4 Å². The number of nitrogens with zero attached hydrogens (tertiary/aromatic N) is 4. The van der Waals surface area contributed by atoms with Crippen molar-refractivity contribution in [3.8, 4) is 0 Å². The SMILES string of the molecule is CC1CC(CN2CCN(c3cnn(C)c3)C(=O)C2)CCO1. The van der Waals surface area contributed by atoms with Gasteiger partial charge in [0.15, 0.2) is 0 Å². The van der Waals surface area contributed by atoms with E-state index in [1.54, 1.807) is 10.9 Å². The fourth-order valence-electron chi connectivity index (χ4n) is 3.32. The number of rotatable bonds is 3. The normalized spacial score (nSPS) is 28.1. The van der Waals surface area contributed by atoms with Crippen molar-refractivity contribution in [1.29, 1.82) is 0 Å². The first-order chi connectivity index (χ1) is 10.1. The van der Waals surface area contributed by atoms with Gasteiger partial charge in [-0.25, -0.2) is 0 Å². The molecule has 0 bridgehead atoms. The van der Waals surface area contributed by atoms with E-state index in [1.807, 2.05) is 18.1 Å². The number of anilines is 1. The van der Waals surface area contributed by atoms with Gasteiger partial charge in [-0.1, -0.05) is 0 Å². The zero-order valence-corrected chi connectivity index (χ0v) is 12.9. The molecule has 2 aliphatic rings. The molecular formula is C15H24N4O2. The van der Waals surface area contributed by atoms with E-state index in [2.05, 4.69) is 16.9 Å².